The minimum Gasteiger partial charge on any atom is -0.444 e. The summed E-state index contributed by atoms with van der Waals surface area (Å²) in [4.78, 5) is 28.0. The van der Waals surface area contributed by atoms with Crippen LogP contribution in [-0.2, 0) is 9.47 Å². The zero-order valence-electron chi connectivity index (χ0n) is 35.3. The highest BCUT2D eigenvalue weighted by Gasteiger charge is 2.57. The van der Waals surface area contributed by atoms with E-state index in [9.17, 15) is 9.59 Å². The number of hydrogen-bond donors (Lipinski definition) is 5. The van der Waals surface area contributed by atoms with Gasteiger partial charge in [-0.3, -0.25) is 0 Å². The molecule has 0 aromatic heterocycles. The van der Waals surface area contributed by atoms with E-state index in [1.165, 1.54) is 11.4 Å². The van der Waals surface area contributed by atoms with E-state index in [2.05, 4.69) is 138 Å². The fourth-order valence-corrected chi connectivity index (χ4v) is 9.04. The van der Waals surface area contributed by atoms with Gasteiger partial charge in [0.05, 0.1) is 0 Å². The maximum atomic E-state index is 11.8. The molecule has 3 unspecified atom stereocenters. The fourth-order valence-electron chi connectivity index (χ4n) is 7.99. The van der Waals surface area contributed by atoms with Crippen LogP contribution >= 0.6 is 76.1 Å². The average molecular weight is 1110 g/mol. The zero-order chi connectivity index (χ0) is 43.2. The molecule has 3 aliphatic carbocycles. The van der Waals surface area contributed by atoms with Crippen molar-refractivity contribution in [2.24, 2.45) is 41.2 Å². The van der Waals surface area contributed by atoms with Gasteiger partial charge in [-0.15, -0.1) is 12.4 Å². The second-order valence-electron chi connectivity index (χ2n) is 17.8. The number of benzene rings is 3. The second kappa shape index (κ2) is 22.0. The van der Waals surface area contributed by atoms with E-state index < -0.39 is 11.2 Å². The third-order valence-corrected chi connectivity index (χ3v) is 13.2. The Balaban J connectivity index is 0.000000181. The summed E-state index contributed by atoms with van der Waals surface area (Å²) >= 11 is 13.6. The minimum atomic E-state index is -0.433. The number of alkyl carbamates (subject to hydrolysis) is 2. The van der Waals surface area contributed by atoms with Gasteiger partial charge in [-0.2, -0.15) is 0 Å². The summed E-state index contributed by atoms with van der Waals surface area (Å²) in [5, 5.41) is 16.2. The molecule has 9 rings (SSSR count). The minimum absolute atomic E-state index is 0. The van der Waals surface area contributed by atoms with Crippen LogP contribution in [0, 0.1) is 35.5 Å². The van der Waals surface area contributed by atoms with E-state index in [1.807, 2.05) is 65.8 Å². The van der Waals surface area contributed by atoms with Crippen molar-refractivity contribution in [3.05, 3.63) is 90.7 Å². The molecule has 9 atom stereocenters. The fraction of sp³-hybridized carbons (Fsp3) is 0.545. The van der Waals surface area contributed by atoms with Crippen molar-refractivity contribution in [2.45, 2.75) is 70.9 Å². The van der Waals surface area contributed by atoms with Crippen molar-refractivity contribution in [1.82, 2.24) is 16.0 Å². The number of fused-ring (bicyclic) bond motifs is 3. The van der Waals surface area contributed by atoms with E-state index >= 15 is 0 Å². The molecule has 6 aliphatic rings. The second-order valence-corrected chi connectivity index (χ2v) is 21.4. The molecule has 3 saturated carbocycles. The number of piperidine rings is 3. The highest BCUT2D eigenvalue weighted by Crippen LogP contribution is 2.47. The zero-order valence-corrected chi connectivity index (χ0v) is 42.5. The molecule has 3 aromatic carbocycles. The molecule has 3 aliphatic heterocycles. The highest BCUT2D eigenvalue weighted by atomic mass is 79.9. The first kappa shape index (κ1) is 50.5. The van der Waals surface area contributed by atoms with Crippen molar-refractivity contribution < 1.29 is 24.2 Å². The first-order valence-corrected chi connectivity index (χ1v) is 23.3. The maximum absolute atomic E-state index is 11.8. The molecule has 3 aromatic rings. The topological polar surface area (TPSA) is 141 Å². The number of aliphatic hydroxyl groups excluding tert-OH is 1. The first-order valence-electron chi connectivity index (χ1n) is 20.2. The predicted octanol–water partition coefficient (Wildman–Crippen LogP) is 9.22. The number of nitrogens with two attached hydrogens (primary N) is 1. The van der Waals surface area contributed by atoms with E-state index in [0.29, 0.717) is 35.8 Å². The predicted molar refractivity (Wildman–Crippen MR) is 258 cm³/mol. The lowest BCUT2D eigenvalue weighted by Crippen LogP contribution is -2.38. The molecule has 6 N–H and O–H groups in total. The molecule has 332 valence electrons. The summed E-state index contributed by atoms with van der Waals surface area (Å²) in [7, 11) is 1.00. The Hall–Kier alpha value is -2.11. The van der Waals surface area contributed by atoms with Crippen molar-refractivity contribution in [3.8, 4) is 0 Å². The molecule has 0 spiro atoms. The quantitative estimate of drug-likeness (QED) is 0.173. The van der Waals surface area contributed by atoms with Crippen LogP contribution in [0.1, 0.15) is 41.5 Å². The van der Waals surface area contributed by atoms with Crippen LogP contribution in [0.15, 0.2) is 90.7 Å². The molecular formula is C44H61Br4ClN6O5. The number of aliphatic hydroxyl groups is 1. The Morgan fingerprint density at radius 2 is 0.867 bits per heavy atom. The SMILES string of the molecule is Brc1ccc(Br)cc1.CC(C)(C)OC(=O)NC1[C@H]2CN(c3ccc(Br)cc3)C[C@@H]12.CC(C)(C)OC(=O)NC1[C@H]2CNC[C@@H]12.CO.Cl.NC1[C@H]2CN(c3ccc(Br)cc3)C[C@@H]12. The molecule has 3 heterocycles. The van der Waals surface area contributed by atoms with Crippen LogP contribution in [-0.4, -0.2) is 93.0 Å². The van der Waals surface area contributed by atoms with Gasteiger partial charge < -0.3 is 46.1 Å². The molecule has 11 nitrogen and oxygen atoms in total. The number of nitrogens with one attached hydrogen (secondary N) is 3. The number of anilines is 2. The van der Waals surface area contributed by atoms with Gasteiger partial charge in [-0.25, -0.2) is 9.59 Å². The summed E-state index contributed by atoms with van der Waals surface area (Å²) in [5.74, 6) is 3.92. The monoisotopic (exact) mass is 1100 g/mol. The lowest BCUT2D eigenvalue weighted by molar-refractivity contribution is 0.0506. The van der Waals surface area contributed by atoms with Gasteiger partial charge in [-0.1, -0.05) is 63.7 Å². The Kier molecular flexibility index (Phi) is 18.5. The van der Waals surface area contributed by atoms with Gasteiger partial charge in [0.2, 0.25) is 0 Å². The Morgan fingerprint density at radius 1 is 0.583 bits per heavy atom. The molecular weight excluding hydrogens is 1050 g/mol. The van der Waals surface area contributed by atoms with Crippen LogP contribution in [0.5, 0.6) is 0 Å². The molecule has 3 saturated heterocycles. The highest BCUT2D eigenvalue weighted by molar-refractivity contribution is 9.11. The molecule has 0 radical (unpaired) electrons. The number of hydrogen-bond acceptors (Lipinski definition) is 9. The van der Waals surface area contributed by atoms with E-state index in [-0.39, 0.29) is 30.6 Å². The molecule has 60 heavy (non-hydrogen) atoms. The first-order chi connectivity index (χ1) is 27.8. The van der Waals surface area contributed by atoms with Gasteiger partial charge in [-0.05, 0) is 138 Å². The number of halogens is 5. The van der Waals surface area contributed by atoms with Gasteiger partial charge >= 0.3 is 12.2 Å². The third-order valence-electron chi connectivity index (χ3n) is 11.1. The Bertz CT molecular complexity index is 1780. The molecule has 2 amide bonds. The van der Waals surface area contributed by atoms with E-state index in [0.717, 1.165) is 76.1 Å². The summed E-state index contributed by atoms with van der Waals surface area (Å²) in [5.41, 5.74) is 7.65. The number of rotatable bonds is 4. The summed E-state index contributed by atoms with van der Waals surface area (Å²) in [6.07, 6.45) is -0.575. The van der Waals surface area contributed by atoms with E-state index in [4.69, 9.17) is 20.3 Å². The van der Waals surface area contributed by atoms with Gasteiger partial charge in [0, 0.05) is 106 Å². The van der Waals surface area contributed by atoms with Crippen LogP contribution in [0.3, 0.4) is 0 Å². The number of carbonyl (C=O) groups excluding carboxylic acids is 2. The summed E-state index contributed by atoms with van der Waals surface area (Å²) in [6, 6.07) is 26.0. The van der Waals surface area contributed by atoms with Gasteiger partial charge in [0.25, 0.3) is 0 Å². The van der Waals surface area contributed by atoms with Gasteiger partial charge in [0.15, 0.2) is 0 Å². The largest absolute Gasteiger partial charge is 0.444 e. The van der Waals surface area contributed by atoms with Crippen molar-refractivity contribution in [2.75, 3.05) is 56.2 Å². The number of ether oxygens (including phenoxy) is 2. The standard InChI is InChI=1S/C16H21BrN2O2.C11H13BrN2.C10H18N2O2.C6H4Br2.CH4O.ClH/c1-16(2,3)21-15(20)18-14-12-8-19(9-13(12)14)11-6-4-10(17)5-7-11;12-7-1-3-8(4-2-7)14-5-9-10(6-14)11(9)13;1-10(2,3)14-9(13)12-8-6-4-11-5-7(6)8;7-5-1-2-6(8)4-3-5;1-2;/h4-7,12-14H,8-9H2,1-3H3,(H,18,20);1-4,9-11H,5-6,13H2;6-8,11H,4-5H2,1-3H3,(H,12,13);1-4H;2H,1H3;1H/t12-,13+,14?;9-,10+,11?;6-,7+,8?;;;. The lowest BCUT2D eigenvalue weighted by Gasteiger charge is -2.23. The Morgan fingerprint density at radius 3 is 1.18 bits per heavy atom. The van der Waals surface area contributed by atoms with Crippen molar-refractivity contribution >= 4 is 99.7 Å². The summed E-state index contributed by atoms with van der Waals surface area (Å²) < 4.78 is 15.0. The summed E-state index contributed by atoms with van der Waals surface area (Å²) in [6.45, 7) is 17.7. The molecule has 0 bridgehead atoms. The average Bonchev–Trinajstić information content (AvgIpc) is 3.87. The number of nitrogens with zero attached hydrogens (tertiary/aromatic N) is 2. The molecule has 16 heteroatoms. The van der Waals surface area contributed by atoms with Crippen LogP contribution in [0.2, 0.25) is 0 Å². The van der Waals surface area contributed by atoms with Crippen molar-refractivity contribution in [1.29, 1.82) is 0 Å². The maximum Gasteiger partial charge on any atom is 0.407 e. The number of carbonyl (C=O) groups is 2. The van der Waals surface area contributed by atoms with Crippen LogP contribution in [0.25, 0.3) is 0 Å². The Labute approximate surface area is 395 Å². The number of amides is 2. The van der Waals surface area contributed by atoms with E-state index in [1.54, 1.807) is 0 Å². The van der Waals surface area contributed by atoms with Crippen LogP contribution in [0.4, 0.5) is 21.0 Å². The lowest BCUT2D eigenvalue weighted by atomic mass is 10.2. The molecule has 6 fully saturated rings. The normalized spacial score (nSPS) is 27.1. The van der Waals surface area contributed by atoms with Crippen LogP contribution < -0.4 is 31.5 Å². The smallest absolute Gasteiger partial charge is 0.407 e. The van der Waals surface area contributed by atoms with Crippen molar-refractivity contribution in [3.63, 3.8) is 0 Å². The van der Waals surface area contributed by atoms with Gasteiger partial charge in [0.1, 0.15) is 11.2 Å². The third kappa shape index (κ3) is 15.0.